The number of hydrogen-bond donors (Lipinski definition) is 1. The van der Waals surface area contributed by atoms with Crippen LogP contribution in [0, 0.1) is 12.7 Å². The van der Waals surface area contributed by atoms with Gasteiger partial charge in [-0.15, -0.1) is 0 Å². The molecule has 0 aliphatic carbocycles. The van der Waals surface area contributed by atoms with Gasteiger partial charge in [-0.05, 0) is 24.6 Å². The summed E-state index contributed by atoms with van der Waals surface area (Å²) < 4.78 is 56.2. The zero-order chi connectivity index (χ0) is 15.8. The molecule has 112 valence electrons. The second-order valence-electron chi connectivity index (χ2n) is 4.25. The van der Waals surface area contributed by atoms with Crippen LogP contribution >= 0.6 is 11.6 Å². The minimum Gasteiger partial charge on any atom is -0.434 e. The van der Waals surface area contributed by atoms with Crippen LogP contribution < -0.4 is 10.5 Å². The summed E-state index contributed by atoms with van der Waals surface area (Å²) in [4.78, 5) is 3.46. The Labute approximate surface area is 122 Å². The third-order valence-corrected chi connectivity index (χ3v) is 2.93. The molecule has 0 unspecified atom stereocenters. The highest BCUT2D eigenvalue weighted by molar-refractivity contribution is 6.31. The number of anilines is 1. The zero-order valence-electron chi connectivity index (χ0n) is 10.6. The van der Waals surface area contributed by atoms with Gasteiger partial charge in [0.25, 0.3) is 0 Å². The van der Waals surface area contributed by atoms with Crippen molar-refractivity contribution in [1.82, 2.24) is 4.98 Å². The molecule has 0 fully saturated rings. The molecule has 2 rings (SSSR count). The van der Waals surface area contributed by atoms with E-state index in [2.05, 4.69) is 4.98 Å². The summed E-state index contributed by atoms with van der Waals surface area (Å²) in [5, 5.41) is -0.376. The number of nitrogens with zero attached hydrogens (tertiary/aromatic N) is 1. The van der Waals surface area contributed by atoms with Gasteiger partial charge < -0.3 is 10.5 Å². The molecular formula is C13H9ClF4N2O. The quantitative estimate of drug-likeness (QED) is 0.651. The SMILES string of the molecule is Cc1cc(Oc2ncc(C(F)(F)F)cc2Cl)c(F)cc1N. The van der Waals surface area contributed by atoms with Crippen LogP contribution in [0.5, 0.6) is 11.6 Å². The number of halogens is 5. The van der Waals surface area contributed by atoms with Crippen molar-refractivity contribution >= 4 is 17.3 Å². The number of nitrogen functional groups attached to an aromatic ring is 1. The summed E-state index contributed by atoms with van der Waals surface area (Å²) in [5.74, 6) is -1.32. The standard InChI is InChI=1S/C13H9ClF4N2O/c1-6-2-11(9(15)4-10(6)19)21-12-8(14)3-7(5-20-12)13(16,17)18/h2-5H,19H2,1H3. The van der Waals surface area contributed by atoms with Crippen LogP contribution in [0.4, 0.5) is 23.2 Å². The maximum absolute atomic E-state index is 13.7. The normalized spacial score (nSPS) is 11.5. The van der Waals surface area contributed by atoms with Crippen LogP contribution in [-0.2, 0) is 6.18 Å². The lowest BCUT2D eigenvalue weighted by atomic mass is 10.2. The summed E-state index contributed by atoms with van der Waals surface area (Å²) in [7, 11) is 0. The molecule has 0 atom stereocenters. The molecule has 1 aromatic carbocycles. The fourth-order valence-corrected chi connectivity index (χ4v) is 1.71. The molecule has 1 heterocycles. The smallest absolute Gasteiger partial charge is 0.417 e. The molecular weight excluding hydrogens is 312 g/mol. The molecule has 1 aromatic heterocycles. The first-order valence-electron chi connectivity index (χ1n) is 5.64. The molecule has 2 aromatic rings. The molecule has 0 bridgehead atoms. The number of nitrogens with two attached hydrogens (primary N) is 1. The Morgan fingerprint density at radius 3 is 2.48 bits per heavy atom. The summed E-state index contributed by atoms with van der Waals surface area (Å²) in [6, 6.07) is 3.01. The van der Waals surface area contributed by atoms with Gasteiger partial charge in [-0.1, -0.05) is 11.6 Å². The van der Waals surface area contributed by atoms with Crippen molar-refractivity contribution in [3.05, 3.63) is 46.4 Å². The highest BCUT2D eigenvalue weighted by atomic mass is 35.5. The van der Waals surface area contributed by atoms with Gasteiger partial charge in [0.1, 0.15) is 5.02 Å². The van der Waals surface area contributed by atoms with Gasteiger partial charge >= 0.3 is 6.18 Å². The first kappa shape index (κ1) is 15.4. The molecule has 0 saturated carbocycles. The van der Waals surface area contributed by atoms with E-state index >= 15 is 0 Å². The lowest BCUT2D eigenvalue weighted by molar-refractivity contribution is -0.137. The molecule has 0 saturated heterocycles. The van der Waals surface area contributed by atoms with Crippen LogP contribution in [0.25, 0.3) is 0 Å². The fraction of sp³-hybridized carbons (Fsp3) is 0.154. The first-order chi connectivity index (χ1) is 9.68. The molecule has 3 nitrogen and oxygen atoms in total. The number of benzene rings is 1. The molecule has 0 spiro atoms. The molecule has 0 amide bonds. The summed E-state index contributed by atoms with van der Waals surface area (Å²) in [5.41, 5.74) is 5.28. The van der Waals surface area contributed by atoms with Gasteiger partial charge in [-0.25, -0.2) is 9.37 Å². The third-order valence-electron chi connectivity index (χ3n) is 2.66. The van der Waals surface area contributed by atoms with E-state index < -0.39 is 17.6 Å². The van der Waals surface area contributed by atoms with Gasteiger partial charge in [-0.3, -0.25) is 0 Å². The number of rotatable bonds is 2. The molecule has 0 radical (unpaired) electrons. The maximum atomic E-state index is 13.7. The van der Waals surface area contributed by atoms with E-state index in [0.29, 0.717) is 17.8 Å². The Morgan fingerprint density at radius 1 is 1.24 bits per heavy atom. The van der Waals surface area contributed by atoms with Crippen molar-refractivity contribution in [3.8, 4) is 11.6 Å². The Bertz CT molecular complexity index is 689. The van der Waals surface area contributed by atoms with E-state index in [1.807, 2.05) is 0 Å². The highest BCUT2D eigenvalue weighted by Crippen LogP contribution is 2.35. The zero-order valence-corrected chi connectivity index (χ0v) is 11.4. The Hall–Kier alpha value is -2.02. The average molecular weight is 321 g/mol. The molecule has 0 aliphatic rings. The van der Waals surface area contributed by atoms with Crippen LogP contribution in [0.15, 0.2) is 24.4 Å². The Kier molecular flexibility index (Phi) is 3.95. The van der Waals surface area contributed by atoms with Crippen molar-refractivity contribution in [2.45, 2.75) is 13.1 Å². The number of aryl methyl sites for hydroxylation is 1. The van der Waals surface area contributed by atoms with E-state index in [1.165, 1.54) is 6.07 Å². The number of pyridine rings is 1. The van der Waals surface area contributed by atoms with Crippen molar-refractivity contribution < 1.29 is 22.3 Å². The lowest BCUT2D eigenvalue weighted by Crippen LogP contribution is -2.06. The van der Waals surface area contributed by atoms with Gasteiger partial charge in [0.15, 0.2) is 11.6 Å². The number of hydrogen-bond acceptors (Lipinski definition) is 3. The maximum Gasteiger partial charge on any atom is 0.417 e. The monoisotopic (exact) mass is 320 g/mol. The van der Waals surface area contributed by atoms with Crippen molar-refractivity contribution in [3.63, 3.8) is 0 Å². The highest BCUT2D eigenvalue weighted by Gasteiger charge is 2.31. The van der Waals surface area contributed by atoms with Crippen molar-refractivity contribution in [1.29, 1.82) is 0 Å². The van der Waals surface area contributed by atoms with Crippen LogP contribution in [0.1, 0.15) is 11.1 Å². The Balaban J connectivity index is 2.35. The number of aromatic nitrogens is 1. The molecule has 8 heteroatoms. The summed E-state index contributed by atoms with van der Waals surface area (Å²) in [6.07, 6.45) is -4.01. The summed E-state index contributed by atoms with van der Waals surface area (Å²) in [6.45, 7) is 1.63. The van der Waals surface area contributed by atoms with E-state index in [4.69, 9.17) is 22.1 Å². The molecule has 21 heavy (non-hydrogen) atoms. The number of alkyl halides is 3. The lowest BCUT2D eigenvalue weighted by Gasteiger charge is -2.11. The minimum atomic E-state index is -4.57. The third kappa shape index (κ3) is 3.36. The largest absolute Gasteiger partial charge is 0.434 e. The Morgan fingerprint density at radius 2 is 1.90 bits per heavy atom. The van der Waals surface area contributed by atoms with Crippen LogP contribution in [0.3, 0.4) is 0 Å². The first-order valence-corrected chi connectivity index (χ1v) is 6.02. The average Bonchev–Trinajstić information content (AvgIpc) is 2.36. The topological polar surface area (TPSA) is 48.1 Å². The van der Waals surface area contributed by atoms with E-state index in [0.717, 1.165) is 6.07 Å². The van der Waals surface area contributed by atoms with Gasteiger partial charge in [-0.2, -0.15) is 13.2 Å². The molecule has 2 N–H and O–H groups in total. The fourth-order valence-electron chi connectivity index (χ4n) is 1.51. The van der Waals surface area contributed by atoms with E-state index in [-0.39, 0.29) is 22.3 Å². The van der Waals surface area contributed by atoms with Crippen LogP contribution in [0.2, 0.25) is 5.02 Å². The second-order valence-corrected chi connectivity index (χ2v) is 4.66. The van der Waals surface area contributed by atoms with Gasteiger partial charge in [0.2, 0.25) is 5.88 Å². The van der Waals surface area contributed by atoms with Crippen LogP contribution in [-0.4, -0.2) is 4.98 Å². The van der Waals surface area contributed by atoms with Gasteiger partial charge in [0.05, 0.1) is 5.56 Å². The van der Waals surface area contributed by atoms with Gasteiger partial charge in [0, 0.05) is 18.0 Å². The predicted molar refractivity (Wildman–Crippen MR) is 69.9 cm³/mol. The minimum absolute atomic E-state index is 0.226. The molecule has 0 aliphatic heterocycles. The van der Waals surface area contributed by atoms with Crippen molar-refractivity contribution in [2.24, 2.45) is 0 Å². The summed E-state index contributed by atoms with van der Waals surface area (Å²) >= 11 is 5.67. The van der Waals surface area contributed by atoms with Crippen molar-refractivity contribution in [2.75, 3.05) is 5.73 Å². The number of ether oxygens (including phenoxy) is 1. The second kappa shape index (κ2) is 5.40. The predicted octanol–water partition coefficient (Wildman–Crippen LogP) is 4.58. The van der Waals surface area contributed by atoms with E-state index in [9.17, 15) is 17.6 Å². The van der Waals surface area contributed by atoms with E-state index in [1.54, 1.807) is 6.92 Å².